The second-order valence-electron chi connectivity index (χ2n) is 3.52. The molecule has 6 heteroatoms. The molecule has 0 aliphatic carbocycles. The molecular formula is C13H9NO4S. The molecule has 0 saturated carbocycles. The number of non-ortho nitro benzene ring substituents is 1. The highest BCUT2D eigenvalue weighted by molar-refractivity contribution is 7.10. The van der Waals surface area contributed by atoms with E-state index in [1.807, 2.05) is 17.5 Å². The maximum atomic E-state index is 11.5. The van der Waals surface area contributed by atoms with E-state index in [-0.39, 0.29) is 11.4 Å². The zero-order valence-corrected chi connectivity index (χ0v) is 10.5. The Kier molecular flexibility index (Phi) is 4.04. The minimum absolute atomic E-state index is 0.118. The first-order chi connectivity index (χ1) is 9.15. The van der Waals surface area contributed by atoms with Crippen molar-refractivity contribution in [2.75, 3.05) is 0 Å². The Morgan fingerprint density at radius 3 is 2.84 bits per heavy atom. The lowest BCUT2D eigenvalue weighted by Gasteiger charge is -2.00. The van der Waals surface area contributed by atoms with Crippen LogP contribution >= 0.6 is 11.3 Å². The number of rotatable bonds is 4. The molecule has 0 aliphatic heterocycles. The molecule has 0 aliphatic rings. The quantitative estimate of drug-likeness (QED) is 0.282. The summed E-state index contributed by atoms with van der Waals surface area (Å²) in [5.74, 6) is -0.427. The van der Waals surface area contributed by atoms with Crippen LogP contribution in [-0.4, -0.2) is 10.9 Å². The lowest BCUT2D eigenvalue weighted by atomic mass is 10.3. The van der Waals surface area contributed by atoms with Crippen LogP contribution in [-0.2, 0) is 4.79 Å². The molecule has 19 heavy (non-hydrogen) atoms. The zero-order chi connectivity index (χ0) is 13.7. The minimum Gasteiger partial charge on any atom is -0.423 e. The van der Waals surface area contributed by atoms with Gasteiger partial charge in [-0.25, -0.2) is 4.79 Å². The van der Waals surface area contributed by atoms with Crippen LogP contribution in [0.3, 0.4) is 0 Å². The molecule has 1 aromatic carbocycles. The van der Waals surface area contributed by atoms with Crippen molar-refractivity contribution in [1.82, 2.24) is 0 Å². The number of carbonyl (C=O) groups is 1. The predicted molar refractivity (Wildman–Crippen MR) is 72.1 cm³/mol. The maximum Gasteiger partial charge on any atom is 0.336 e. The van der Waals surface area contributed by atoms with Crippen molar-refractivity contribution in [2.24, 2.45) is 0 Å². The Bertz CT molecular complexity index is 619. The third kappa shape index (κ3) is 3.75. The number of nitro groups is 1. The van der Waals surface area contributed by atoms with Crippen molar-refractivity contribution in [3.63, 3.8) is 0 Å². The lowest BCUT2D eigenvalue weighted by Crippen LogP contribution is -2.03. The molecule has 0 spiro atoms. The van der Waals surface area contributed by atoms with E-state index >= 15 is 0 Å². The molecule has 2 aromatic rings. The van der Waals surface area contributed by atoms with Gasteiger partial charge in [-0.2, -0.15) is 0 Å². The summed E-state index contributed by atoms with van der Waals surface area (Å²) in [5, 5.41) is 12.5. The summed E-state index contributed by atoms with van der Waals surface area (Å²) in [5.41, 5.74) is -0.118. The van der Waals surface area contributed by atoms with Gasteiger partial charge in [-0.1, -0.05) is 12.1 Å². The second-order valence-corrected chi connectivity index (χ2v) is 4.50. The van der Waals surface area contributed by atoms with Gasteiger partial charge in [-0.3, -0.25) is 10.1 Å². The average Bonchev–Trinajstić information content (AvgIpc) is 2.90. The molecule has 1 heterocycles. The van der Waals surface area contributed by atoms with E-state index in [0.717, 1.165) is 4.88 Å². The van der Waals surface area contributed by atoms with Crippen LogP contribution in [0.1, 0.15) is 4.88 Å². The van der Waals surface area contributed by atoms with E-state index in [1.54, 1.807) is 6.08 Å². The Labute approximate surface area is 112 Å². The van der Waals surface area contributed by atoms with Crippen molar-refractivity contribution >= 4 is 29.1 Å². The molecule has 0 unspecified atom stereocenters. The number of hydrogen-bond acceptors (Lipinski definition) is 5. The number of esters is 1. The van der Waals surface area contributed by atoms with Gasteiger partial charge < -0.3 is 4.74 Å². The highest BCUT2D eigenvalue weighted by Crippen LogP contribution is 2.19. The van der Waals surface area contributed by atoms with Gasteiger partial charge in [0.05, 0.1) is 11.0 Å². The molecule has 0 atom stereocenters. The molecule has 1 aromatic heterocycles. The third-order valence-corrected chi connectivity index (χ3v) is 3.01. The standard InChI is InChI=1S/C13H9NO4S/c15-13(7-6-12-5-2-8-19-12)18-11-4-1-3-10(9-11)14(16)17/h1-9H/b7-6+. The molecule has 0 N–H and O–H groups in total. The van der Waals surface area contributed by atoms with Crippen molar-refractivity contribution in [3.8, 4) is 5.75 Å². The monoisotopic (exact) mass is 275 g/mol. The predicted octanol–water partition coefficient (Wildman–Crippen LogP) is 3.28. The lowest BCUT2D eigenvalue weighted by molar-refractivity contribution is -0.384. The van der Waals surface area contributed by atoms with Gasteiger partial charge >= 0.3 is 5.97 Å². The summed E-state index contributed by atoms with van der Waals surface area (Å²) in [7, 11) is 0. The number of carbonyl (C=O) groups excluding carboxylic acids is 1. The van der Waals surface area contributed by atoms with E-state index < -0.39 is 10.9 Å². The number of ether oxygens (including phenoxy) is 1. The highest BCUT2D eigenvalue weighted by Gasteiger charge is 2.08. The fourth-order valence-electron chi connectivity index (χ4n) is 1.35. The number of benzene rings is 1. The molecule has 96 valence electrons. The van der Waals surface area contributed by atoms with Gasteiger partial charge in [-0.05, 0) is 23.6 Å². The van der Waals surface area contributed by atoms with E-state index in [1.165, 1.54) is 41.7 Å². The summed E-state index contributed by atoms with van der Waals surface area (Å²) in [4.78, 5) is 22.5. The topological polar surface area (TPSA) is 69.4 Å². The molecule has 2 rings (SSSR count). The van der Waals surface area contributed by atoms with Crippen LogP contribution in [0.4, 0.5) is 5.69 Å². The maximum absolute atomic E-state index is 11.5. The van der Waals surface area contributed by atoms with Gasteiger partial charge in [0.1, 0.15) is 5.75 Å². The zero-order valence-electron chi connectivity index (χ0n) is 9.68. The number of hydrogen-bond donors (Lipinski definition) is 0. The smallest absolute Gasteiger partial charge is 0.336 e. The van der Waals surface area contributed by atoms with Crippen molar-refractivity contribution in [2.45, 2.75) is 0 Å². The van der Waals surface area contributed by atoms with Crippen LogP contribution in [0.15, 0.2) is 47.9 Å². The first-order valence-corrected chi connectivity index (χ1v) is 6.21. The Morgan fingerprint density at radius 1 is 1.32 bits per heavy atom. The number of nitro benzene ring substituents is 1. The molecule has 0 fully saturated rings. The summed E-state index contributed by atoms with van der Waals surface area (Å²) in [6.45, 7) is 0. The second kappa shape index (κ2) is 5.92. The summed E-state index contributed by atoms with van der Waals surface area (Å²) < 4.78 is 4.98. The van der Waals surface area contributed by atoms with Crippen molar-refractivity contribution < 1.29 is 14.5 Å². The van der Waals surface area contributed by atoms with Gasteiger partial charge in [0.2, 0.25) is 0 Å². The molecule has 0 saturated heterocycles. The minimum atomic E-state index is -0.575. The van der Waals surface area contributed by atoms with E-state index in [2.05, 4.69) is 0 Å². The molecule has 0 radical (unpaired) electrons. The molecule has 0 amide bonds. The Hall–Kier alpha value is -2.47. The molecule has 5 nitrogen and oxygen atoms in total. The van der Waals surface area contributed by atoms with Gasteiger partial charge in [0, 0.05) is 17.0 Å². The van der Waals surface area contributed by atoms with Crippen LogP contribution in [0.25, 0.3) is 6.08 Å². The first-order valence-electron chi connectivity index (χ1n) is 5.33. The molecule has 0 bridgehead atoms. The largest absolute Gasteiger partial charge is 0.423 e. The van der Waals surface area contributed by atoms with Gasteiger partial charge in [0.15, 0.2) is 0 Å². The van der Waals surface area contributed by atoms with E-state index in [4.69, 9.17) is 4.74 Å². The summed E-state index contributed by atoms with van der Waals surface area (Å²) in [6, 6.07) is 9.22. The fourth-order valence-corrected chi connectivity index (χ4v) is 1.97. The van der Waals surface area contributed by atoms with Crippen LogP contribution in [0.5, 0.6) is 5.75 Å². The van der Waals surface area contributed by atoms with Crippen LogP contribution < -0.4 is 4.74 Å². The Balaban J connectivity index is 2.03. The summed E-state index contributed by atoms with van der Waals surface area (Å²) in [6.07, 6.45) is 2.91. The average molecular weight is 275 g/mol. The fraction of sp³-hybridized carbons (Fsp3) is 0. The normalized spacial score (nSPS) is 10.5. The number of nitrogens with zero attached hydrogens (tertiary/aromatic N) is 1. The van der Waals surface area contributed by atoms with Gasteiger partial charge in [-0.15, -0.1) is 11.3 Å². The van der Waals surface area contributed by atoms with E-state index in [9.17, 15) is 14.9 Å². The van der Waals surface area contributed by atoms with Crippen molar-refractivity contribution in [3.05, 3.63) is 62.8 Å². The SMILES string of the molecule is O=C(/C=C/c1cccs1)Oc1cccc([N+](=O)[O-])c1. The van der Waals surface area contributed by atoms with Gasteiger partial charge in [0.25, 0.3) is 5.69 Å². The Morgan fingerprint density at radius 2 is 2.16 bits per heavy atom. The molecular weight excluding hydrogens is 266 g/mol. The highest BCUT2D eigenvalue weighted by atomic mass is 32.1. The van der Waals surface area contributed by atoms with E-state index in [0.29, 0.717) is 0 Å². The van der Waals surface area contributed by atoms with Crippen LogP contribution in [0, 0.1) is 10.1 Å². The van der Waals surface area contributed by atoms with Crippen molar-refractivity contribution in [1.29, 1.82) is 0 Å². The first kappa shape index (κ1) is 13.0. The summed E-state index contributed by atoms with van der Waals surface area (Å²) >= 11 is 1.49. The van der Waals surface area contributed by atoms with Crippen LogP contribution in [0.2, 0.25) is 0 Å². The third-order valence-electron chi connectivity index (χ3n) is 2.17. The number of thiophene rings is 1.